The number of hydroxylamine groups is 1. The summed E-state index contributed by atoms with van der Waals surface area (Å²) in [4.78, 5) is 15.0. The number of halogens is 1. The van der Waals surface area contributed by atoms with Gasteiger partial charge in [-0.3, -0.25) is 10.0 Å². The van der Waals surface area contributed by atoms with Gasteiger partial charge < -0.3 is 0 Å². The van der Waals surface area contributed by atoms with Crippen molar-refractivity contribution in [2.24, 2.45) is 0 Å². The first-order valence-corrected chi connectivity index (χ1v) is 4.87. The van der Waals surface area contributed by atoms with Gasteiger partial charge in [-0.25, -0.2) is 14.9 Å². The van der Waals surface area contributed by atoms with Gasteiger partial charge in [0.2, 0.25) is 0 Å². The van der Waals surface area contributed by atoms with Crippen molar-refractivity contribution >= 4 is 22.9 Å². The van der Waals surface area contributed by atoms with E-state index in [1.54, 1.807) is 18.2 Å². The monoisotopic (exact) mass is 232 g/mol. The summed E-state index contributed by atoms with van der Waals surface area (Å²) in [6, 6.07) is 7.64. The van der Waals surface area contributed by atoms with Gasteiger partial charge in [0.15, 0.2) is 0 Å². The van der Waals surface area contributed by atoms with Gasteiger partial charge in [-0.1, -0.05) is 6.07 Å². The van der Waals surface area contributed by atoms with Gasteiger partial charge >= 0.3 is 0 Å². The van der Waals surface area contributed by atoms with E-state index in [1.807, 2.05) is 0 Å². The lowest BCUT2D eigenvalue weighted by Gasteiger charge is -1.99. The van der Waals surface area contributed by atoms with Crippen LogP contribution in [-0.2, 0) is 4.79 Å². The number of pyridine rings is 1. The number of hydrogen-bond donors (Lipinski definition) is 2. The van der Waals surface area contributed by atoms with Gasteiger partial charge in [-0.15, -0.1) is 0 Å². The standard InChI is InChI=1S/C12H9FN2O2/c13-9-2-5-11-8(7-9)1-3-10(14-11)4-6-12(16)15-17/h1-7,17H,(H,15,16). The molecule has 5 heteroatoms. The van der Waals surface area contributed by atoms with E-state index in [2.05, 4.69) is 4.98 Å². The first-order valence-electron chi connectivity index (χ1n) is 4.87. The third-order valence-corrected chi connectivity index (χ3v) is 2.19. The van der Waals surface area contributed by atoms with E-state index in [0.29, 0.717) is 16.6 Å². The highest BCUT2D eigenvalue weighted by Crippen LogP contribution is 2.14. The summed E-state index contributed by atoms with van der Waals surface area (Å²) in [5.41, 5.74) is 2.66. The first-order chi connectivity index (χ1) is 8.19. The molecule has 0 aliphatic heterocycles. The first kappa shape index (κ1) is 11.2. The molecular formula is C12H9FN2O2. The van der Waals surface area contributed by atoms with E-state index in [-0.39, 0.29) is 5.82 Å². The van der Waals surface area contributed by atoms with Crippen molar-refractivity contribution in [1.29, 1.82) is 0 Å². The molecule has 1 aromatic heterocycles. The average Bonchev–Trinajstić information content (AvgIpc) is 2.35. The minimum atomic E-state index is -0.633. The second-order valence-corrected chi connectivity index (χ2v) is 3.38. The van der Waals surface area contributed by atoms with Crippen LogP contribution in [0.15, 0.2) is 36.4 Å². The zero-order chi connectivity index (χ0) is 12.3. The fourth-order valence-electron chi connectivity index (χ4n) is 1.40. The molecular weight excluding hydrogens is 223 g/mol. The molecule has 1 aromatic carbocycles. The lowest BCUT2D eigenvalue weighted by atomic mass is 10.2. The SMILES string of the molecule is O=C(C=Cc1ccc2cc(F)ccc2n1)NO. The second-order valence-electron chi connectivity index (χ2n) is 3.38. The van der Waals surface area contributed by atoms with E-state index in [0.717, 1.165) is 6.08 Å². The summed E-state index contributed by atoms with van der Waals surface area (Å²) in [5, 5.41) is 8.99. The molecule has 0 saturated heterocycles. The number of amides is 1. The van der Waals surface area contributed by atoms with Crippen LogP contribution in [0.2, 0.25) is 0 Å². The molecule has 1 heterocycles. The maximum atomic E-state index is 12.9. The van der Waals surface area contributed by atoms with Crippen LogP contribution >= 0.6 is 0 Å². The average molecular weight is 232 g/mol. The van der Waals surface area contributed by atoms with E-state index < -0.39 is 5.91 Å². The van der Waals surface area contributed by atoms with Gasteiger partial charge in [-0.2, -0.15) is 0 Å². The lowest BCUT2D eigenvalue weighted by Crippen LogP contribution is -2.14. The number of hydrogen-bond acceptors (Lipinski definition) is 3. The number of carbonyl (C=O) groups is 1. The molecule has 0 spiro atoms. The third-order valence-electron chi connectivity index (χ3n) is 2.19. The molecule has 0 fully saturated rings. The zero-order valence-corrected chi connectivity index (χ0v) is 8.72. The van der Waals surface area contributed by atoms with Crippen LogP contribution in [0.3, 0.4) is 0 Å². The molecule has 0 aliphatic rings. The van der Waals surface area contributed by atoms with E-state index in [1.165, 1.54) is 23.7 Å². The van der Waals surface area contributed by atoms with Gasteiger partial charge in [-0.05, 0) is 30.3 Å². The van der Waals surface area contributed by atoms with Crippen molar-refractivity contribution in [1.82, 2.24) is 10.5 Å². The van der Waals surface area contributed by atoms with Crippen molar-refractivity contribution in [3.63, 3.8) is 0 Å². The maximum absolute atomic E-state index is 12.9. The van der Waals surface area contributed by atoms with Gasteiger partial charge in [0.1, 0.15) is 5.82 Å². The highest BCUT2D eigenvalue weighted by molar-refractivity contribution is 5.91. The van der Waals surface area contributed by atoms with Crippen LogP contribution in [0.4, 0.5) is 4.39 Å². The Bertz CT molecular complexity index is 596. The summed E-state index contributed by atoms with van der Waals surface area (Å²) < 4.78 is 12.9. The van der Waals surface area contributed by atoms with Gasteiger partial charge in [0.25, 0.3) is 5.91 Å². The molecule has 0 unspecified atom stereocenters. The summed E-state index contributed by atoms with van der Waals surface area (Å²) >= 11 is 0. The van der Waals surface area contributed by atoms with E-state index >= 15 is 0 Å². The molecule has 0 bridgehead atoms. The highest BCUT2D eigenvalue weighted by Gasteiger charge is 1.98. The Labute approximate surface area is 96.4 Å². The number of benzene rings is 1. The normalized spacial score (nSPS) is 10.9. The van der Waals surface area contributed by atoms with Crippen LogP contribution in [0.25, 0.3) is 17.0 Å². The predicted octanol–water partition coefficient (Wildman–Crippen LogP) is 1.89. The highest BCUT2D eigenvalue weighted by atomic mass is 19.1. The molecule has 17 heavy (non-hydrogen) atoms. The number of nitrogens with one attached hydrogen (secondary N) is 1. The quantitative estimate of drug-likeness (QED) is 0.472. The Morgan fingerprint density at radius 2 is 2.18 bits per heavy atom. The summed E-state index contributed by atoms with van der Waals surface area (Å²) in [6.45, 7) is 0. The Morgan fingerprint density at radius 1 is 1.35 bits per heavy atom. The number of nitrogens with zero attached hydrogens (tertiary/aromatic N) is 1. The number of rotatable bonds is 2. The fraction of sp³-hybridized carbons (Fsp3) is 0. The molecule has 2 N–H and O–H groups in total. The van der Waals surface area contributed by atoms with Crippen LogP contribution in [0.5, 0.6) is 0 Å². The van der Waals surface area contributed by atoms with Crippen molar-refractivity contribution in [2.75, 3.05) is 0 Å². The molecule has 0 radical (unpaired) electrons. The third kappa shape index (κ3) is 2.64. The number of aromatic nitrogens is 1. The smallest absolute Gasteiger partial charge is 0.267 e. The minimum Gasteiger partial charge on any atom is -0.288 e. The molecule has 2 aromatic rings. The Morgan fingerprint density at radius 3 is 2.94 bits per heavy atom. The molecule has 0 atom stereocenters. The van der Waals surface area contributed by atoms with Crippen molar-refractivity contribution in [3.8, 4) is 0 Å². The maximum Gasteiger partial charge on any atom is 0.267 e. The van der Waals surface area contributed by atoms with E-state index in [9.17, 15) is 9.18 Å². The minimum absolute atomic E-state index is 0.317. The molecule has 86 valence electrons. The van der Waals surface area contributed by atoms with Gasteiger partial charge in [0, 0.05) is 11.5 Å². The molecule has 2 rings (SSSR count). The van der Waals surface area contributed by atoms with Crippen LogP contribution in [0, 0.1) is 5.82 Å². The zero-order valence-electron chi connectivity index (χ0n) is 8.72. The van der Waals surface area contributed by atoms with Crippen LogP contribution < -0.4 is 5.48 Å². The molecule has 0 saturated carbocycles. The van der Waals surface area contributed by atoms with Crippen molar-refractivity contribution in [3.05, 3.63) is 47.9 Å². The second kappa shape index (κ2) is 4.71. The van der Waals surface area contributed by atoms with Crippen LogP contribution in [-0.4, -0.2) is 16.1 Å². The van der Waals surface area contributed by atoms with E-state index in [4.69, 9.17) is 5.21 Å². The van der Waals surface area contributed by atoms with Crippen molar-refractivity contribution in [2.45, 2.75) is 0 Å². The predicted molar refractivity (Wildman–Crippen MR) is 60.7 cm³/mol. The Hall–Kier alpha value is -2.27. The lowest BCUT2D eigenvalue weighted by molar-refractivity contribution is -0.124. The van der Waals surface area contributed by atoms with Crippen LogP contribution in [0.1, 0.15) is 5.69 Å². The largest absolute Gasteiger partial charge is 0.288 e. The van der Waals surface area contributed by atoms with Gasteiger partial charge in [0.05, 0.1) is 11.2 Å². The molecule has 0 aliphatic carbocycles. The summed E-state index contributed by atoms with van der Waals surface area (Å²) in [6.07, 6.45) is 2.60. The van der Waals surface area contributed by atoms with Crippen molar-refractivity contribution < 1.29 is 14.4 Å². The number of fused-ring (bicyclic) bond motifs is 1. The summed E-state index contributed by atoms with van der Waals surface area (Å²) in [5.74, 6) is -0.951. The Balaban J connectivity index is 2.35. The molecule has 1 amide bonds. The summed E-state index contributed by atoms with van der Waals surface area (Å²) in [7, 11) is 0. The topological polar surface area (TPSA) is 62.2 Å². The number of carbonyl (C=O) groups excluding carboxylic acids is 1. The Kier molecular flexibility index (Phi) is 3.11. The fourth-order valence-corrected chi connectivity index (χ4v) is 1.40. The molecule has 4 nitrogen and oxygen atoms in total.